The second kappa shape index (κ2) is 5.73. The van der Waals surface area contributed by atoms with Gasteiger partial charge in [0.05, 0.1) is 11.3 Å². The summed E-state index contributed by atoms with van der Waals surface area (Å²) in [7, 11) is 0. The first-order valence-electron chi connectivity index (χ1n) is 5.82. The third-order valence-electron chi connectivity index (χ3n) is 2.84. The SMILES string of the molecule is CC(Nc1ccc(Cl)cc1C#N)c1ccc(F)cc1. The highest BCUT2D eigenvalue weighted by atomic mass is 35.5. The molecule has 0 spiro atoms. The van der Waals surface area contributed by atoms with Crippen LogP contribution in [0.15, 0.2) is 42.5 Å². The van der Waals surface area contributed by atoms with Gasteiger partial charge in [-0.2, -0.15) is 5.26 Å². The number of halogens is 2. The molecule has 2 nitrogen and oxygen atoms in total. The zero-order chi connectivity index (χ0) is 13.8. The molecule has 0 bridgehead atoms. The maximum Gasteiger partial charge on any atom is 0.123 e. The van der Waals surface area contributed by atoms with Crippen LogP contribution in [0.25, 0.3) is 0 Å². The summed E-state index contributed by atoms with van der Waals surface area (Å²) in [4.78, 5) is 0. The third-order valence-corrected chi connectivity index (χ3v) is 3.08. The second-order valence-corrected chi connectivity index (χ2v) is 4.66. The summed E-state index contributed by atoms with van der Waals surface area (Å²) in [6, 6.07) is 13.4. The molecule has 0 aliphatic carbocycles. The van der Waals surface area contributed by atoms with Crippen LogP contribution in [-0.4, -0.2) is 0 Å². The first kappa shape index (κ1) is 13.4. The summed E-state index contributed by atoms with van der Waals surface area (Å²) < 4.78 is 12.9. The van der Waals surface area contributed by atoms with E-state index in [1.807, 2.05) is 6.92 Å². The van der Waals surface area contributed by atoms with Crippen molar-refractivity contribution >= 4 is 17.3 Å². The van der Waals surface area contributed by atoms with E-state index in [1.54, 1.807) is 30.3 Å². The van der Waals surface area contributed by atoms with Crippen molar-refractivity contribution in [3.63, 3.8) is 0 Å². The summed E-state index contributed by atoms with van der Waals surface area (Å²) in [5.74, 6) is -0.264. The van der Waals surface area contributed by atoms with Gasteiger partial charge in [-0.15, -0.1) is 0 Å². The molecular formula is C15H12ClFN2. The van der Waals surface area contributed by atoms with Gasteiger partial charge in [-0.1, -0.05) is 23.7 Å². The highest BCUT2D eigenvalue weighted by molar-refractivity contribution is 6.30. The van der Waals surface area contributed by atoms with E-state index < -0.39 is 0 Å². The Morgan fingerprint density at radius 3 is 2.53 bits per heavy atom. The number of benzene rings is 2. The summed E-state index contributed by atoms with van der Waals surface area (Å²) in [6.45, 7) is 1.95. The summed E-state index contributed by atoms with van der Waals surface area (Å²) in [5, 5.41) is 12.8. The Morgan fingerprint density at radius 2 is 1.89 bits per heavy atom. The van der Waals surface area contributed by atoms with Crippen LogP contribution in [0.3, 0.4) is 0 Å². The molecule has 0 fully saturated rings. The van der Waals surface area contributed by atoms with Gasteiger partial charge in [-0.25, -0.2) is 4.39 Å². The average Bonchev–Trinajstić information content (AvgIpc) is 2.41. The molecular weight excluding hydrogens is 263 g/mol. The molecule has 0 radical (unpaired) electrons. The molecule has 1 atom stereocenters. The molecule has 2 rings (SSSR count). The van der Waals surface area contributed by atoms with Crippen molar-refractivity contribution in [2.45, 2.75) is 13.0 Å². The Balaban J connectivity index is 2.21. The summed E-state index contributed by atoms with van der Waals surface area (Å²) in [6.07, 6.45) is 0. The molecule has 0 saturated heterocycles. The van der Waals surface area contributed by atoms with Gasteiger partial charge in [0.15, 0.2) is 0 Å². The van der Waals surface area contributed by atoms with Gasteiger partial charge in [0.2, 0.25) is 0 Å². The fourth-order valence-corrected chi connectivity index (χ4v) is 1.97. The molecule has 0 amide bonds. The van der Waals surface area contributed by atoms with Crippen molar-refractivity contribution in [2.75, 3.05) is 5.32 Å². The van der Waals surface area contributed by atoms with Crippen molar-refractivity contribution in [3.8, 4) is 6.07 Å². The molecule has 96 valence electrons. The van der Waals surface area contributed by atoms with Gasteiger partial charge in [-0.3, -0.25) is 0 Å². The smallest absolute Gasteiger partial charge is 0.123 e. The van der Waals surface area contributed by atoms with Crippen LogP contribution in [0, 0.1) is 17.1 Å². The lowest BCUT2D eigenvalue weighted by atomic mass is 10.1. The fourth-order valence-electron chi connectivity index (χ4n) is 1.80. The summed E-state index contributed by atoms with van der Waals surface area (Å²) in [5.41, 5.74) is 2.14. The minimum atomic E-state index is -0.264. The number of rotatable bonds is 3. The number of hydrogen-bond donors (Lipinski definition) is 1. The lowest BCUT2D eigenvalue weighted by Gasteiger charge is -2.16. The standard InChI is InChI=1S/C15H12ClFN2/c1-10(11-2-5-14(17)6-3-11)19-15-7-4-13(16)8-12(15)9-18/h2-8,10,19H,1H3. The number of nitrogens with zero attached hydrogens (tertiary/aromatic N) is 1. The fraction of sp³-hybridized carbons (Fsp3) is 0.133. The molecule has 4 heteroatoms. The van der Waals surface area contributed by atoms with E-state index in [0.29, 0.717) is 16.3 Å². The maximum absolute atomic E-state index is 12.9. The monoisotopic (exact) mass is 274 g/mol. The van der Waals surface area contributed by atoms with Crippen LogP contribution < -0.4 is 5.32 Å². The largest absolute Gasteiger partial charge is 0.377 e. The zero-order valence-corrected chi connectivity index (χ0v) is 11.1. The predicted molar refractivity (Wildman–Crippen MR) is 74.6 cm³/mol. The third kappa shape index (κ3) is 3.24. The quantitative estimate of drug-likeness (QED) is 0.893. The van der Waals surface area contributed by atoms with E-state index in [0.717, 1.165) is 5.56 Å². The molecule has 0 aliphatic rings. The minimum Gasteiger partial charge on any atom is -0.377 e. The van der Waals surface area contributed by atoms with Crippen molar-refractivity contribution in [3.05, 3.63) is 64.4 Å². The van der Waals surface area contributed by atoms with Crippen LogP contribution >= 0.6 is 11.6 Å². The zero-order valence-electron chi connectivity index (χ0n) is 10.3. The van der Waals surface area contributed by atoms with E-state index in [9.17, 15) is 4.39 Å². The molecule has 2 aromatic rings. The number of nitriles is 1. The van der Waals surface area contributed by atoms with Crippen molar-refractivity contribution < 1.29 is 4.39 Å². The molecule has 0 aromatic heterocycles. The number of hydrogen-bond acceptors (Lipinski definition) is 2. The van der Waals surface area contributed by atoms with Gasteiger partial charge in [0.1, 0.15) is 11.9 Å². The van der Waals surface area contributed by atoms with E-state index in [1.165, 1.54) is 12.1 Å². The van der Waals surface area contributed by atoms with E-state index in [4.69, 9.17) is 16.9 Å². The molecule has 1 N–H and O–H groups in total. The van der Waals surface area contributed by atoms with Crippen LogP contribution in [0.4, 0.5) is 10.1 Å². The molecule has 19 heavy (non-hydrogen) atoms. The van der Waals surface area contributed by atoms with Gasteiger partial charge < -0.3 is 5.32 Å². The van der Waals surface area contributed by atoms with Gasteiger partial charge in [0.25, 0.3) is 0 Å². The normalized spacial score (nSPS) is 11.7. The topological polar surface area (TPSA) is 35.8 Å². The van der Waals surface area contributed by atoms with Gasteiger partial charge >= 0.3 is 0 Å². The molecule has 0 aliphatic heterocycles. The van der Waals surface area contributed by atoms with Crippen molar-refractivity contribution in [1.82, 2.24) is 0 Å². The van der Waals surface area contributed by atoms with Crippen molar-refractivity contribution in [1.29, 1.82) is 5.26 Å². The van der Waals surface area contributed by atoms with E-state index in [2.05, 4.69) is 11.4 Å². The van der Waals surface area contributed by atoms with E-state index >= 15 is 0 Å². The highest BCUT2D eigenvalue weighted by Gasteiger charge is 2.09. The maximum atomic E-state index is 12.9. The van der Waals surface area contributed by atoms with Gasteiger partial charge in [0, 0.05) is 11.1 Å². The average molecular weight is 275 g/mol. The first-order valence-corrected chi connectivity index (χ1v) is 6.19. The molecule has 2 aromatic carbocycles. The predicted octanol–water partition coefficient (Wildman–Crippen LogP) is 4.52. The number of anilines is 1. The molecule has 0 saturated carbocycles. The number of nitrogens with one attached hydrogen (secondary N) is 1. The highest BCUT2D eigenvalue weighted by Crippen LogP contribution is 2.24. The lowest BCUT2D eigenvalue weighted by Crippen LogP contribution is -2.07. The van der Waals surface area contributed by atoms with Gasteiger partial charge in [-0.05, 0) is 42.8 Å². The van der Waals surface area contributed by atoms with Crippen molar-refractivity contribution in [2.24, 2.45) is 0 Å². The Hall–Kier alpha value is -2.05. The Morgan fingerprint density at radius 1 is 1.21 bits per heavy atom. The van der Waals surface area contributed by atoms with Crippen LogP contribution in [0.2, 0.25) is 5.02 Å². The molecule has 1 unspecified atom stereocenters. The van der Waals surface area contributed by atoms with Crippen LogP contribution in [0.1, 0.15) is 24.1 Å². The second-order valence-electron chi connectivity index (χ2n) is 4.22. The Bertz CT molecular complexity index is 617. The Kier molecular flexibility index (Phi) is 4.03. The molecule has 0 heterocycles. The minimum absolute atomic E-state index is 0.0334. The van der Waals surface area contributed by atoms with Crippen LogP contribution in [0.5, 0.6) is 0 Å². The van der Waals surface area contributed by atoms with Crippen LogP contribution in [-0.2, 0) is 0 Å². The Labute approximate surface area is 116 Å². The lowest BCUT2D eigenvalue weighted by molar-refractivity contribution is 0.626. The van der Waals surface area contributed by atoms with E-state index in [-0.39, 0.29) is 11.9 Å². The summed E-state index contributed by atoms with van der Waals surface area (Å²) >= 11 is 5.85. The first-order chi connectivity index (χ1) is 9.10.